The number of allylic oxidation sites excluding steroid dienone is 1. The highest BCUT2D eigenvalue weighted by Gasteiger charge is 2.09. The normalized spacial score (nSPS) is 11.3. The summed E-state index contributed by atoms with van der Waals surface area (Å²) in [5, 5.41) is 0. The van der Waals surface area contributed by atoms with E-state index in [-0.39, 0.29) is 17.8 Å². The van der Waals surface area contributed by atoms with Gasteiger partial charge in [-0.25, -0.2) is 0 Å². The molecule has 0 amide bonds. The van der Waals surface area contributed by atoms with Gasteiger partial charge in [-0.1, -0.05) is 60.4 Å². The van der Waals surface area contributed by atoms with E-state index in [2.05, 4.69) is 87.8 Å². The lowest BCUT2D eigenvalue weighted by Gasteiger charge is -2.25. The van der Waals surface area contributed by atoms with E-state index in [1.807, 2.05) is 30.3 Å². The van der Waals surface area contributed by atoms with Crippen molar-refractivity contribution >= 4 is 12.4 Å². The number of ether oxygens (including phenoxy) is 1. The minimum atomic E-state index is 0. The van der Waals surface area contributed by atoms with Crippen LogP contribution in [0, 0.1) is 17.3 Å². The Balaban J connectivity index is 0.00000420. The maximum Gasteiger partial charge on any atom is 0.120 e. The van der Waals surface area contributed by atoms with E-state index < -0.39 is 0 Å². The summed E-state index contributed by atoms with van der Waals surface area (Å²) < 4.78 is 5.97. The van der Waals surface area contributed by atoms with E-state index >= 15 is 0 Å². The third-order valence-corrected chi connectivity index (χ3v) is 4.25. The molecule has 156 valence electrons. The van der Waals surface area contributed by atoms with Crippen molar-refractivity contribution < 1.29 is 4.74 Å². The van der Waals surface area contributed by atoms with Crippen LogP contribution in [0.15, 0.2) is 66.7 Å². The zero-order valence-corrected chi connectivity index (χ0v) is 19.1. The second-order valence-corrected chi connectivity index (χ2v) is 8.37. The molecule has 2 nitrogen and oxygen atoms in total. The molecule has 0 aliphatic rings. The highest BCUT2D eigenvalue weighted by molar-refractivity contribution is 5.85. The summed E-state index contributed by atoms with van der Waals surface area (Å²) >= 11 is 0. The SMILES string of the molecule is CC(C)N(C/C=C\C#CC(C)(C)C)Cc1cccc(OCc2ccccc2)c1.Cl. The predicted octanol–water partition coefficient (Wildman–Crippen LogP) is 6.50. The molecule has 2 aromatic rings. The predicted molar refractivity (Wildman–Crippen MR) is 126 cm³/mol. The Morgan fingerprint density at radius 1 is 1.00 bits per heavy atom. The molecule has 0 bridgehead atoms. The third-order valence-electron chi connectivity index (χ3n) is 4.25. The van der Waals surface area contributed by atoms with Crippen LogP contribution in [-0.4, -0.2) is 17.5 Å². The zero-order valence-electron chi connectivity index (χ0n) is 18.3. The first-order chi connectivity index (χ1) is 13.3. The summed E-state index contributed by atoms with van der Waals surface area (Å²) in [6.45, 7) is 13.2. The van der Waals surface area contributed by atoms with Gasteiger partial charge in [0.2, 0.25) is 0 Å². The molecule has 0 N–H and O–H groups in total. The van der Waals surface area contributed by atoms with Gasteiger partial charge in [0.05, 0.1) is 0 Å². The lowest BCUT2D eigenvalue weighted by atomic mass is 9.98. The van der Waals surface area contributed by atoms with E-state index in [0.29, 0.717) is 12.6 Å². The topological polar surface area (TPSA) is 12.5 Å². The summed E-state index contributed by atoms with van der Waals surface area (Å²) in [5.74, 6) is 7.30. The minimum absolute atomic E-state index is 0. The van der Waals surface area contributed by atoms with Crippen LogP contribution in [0.5, 0.6) is 5.75 Å². The van der Waals surface area contributed by atoms with Gasteiger partial charge in [-0.05, 0) is 64.0 Å². The molecule has 0 aliphatic carbocycles. The Kier molecular flexibility index (Phi) is 10.6. The highest BCUT2D eigenvalue weighted by atomic mass is 35.5. The number of rotatable bonds is 8. The molecule has 0 saturated heterocycles. The number of halogens is 1. The van der Waals surface area contributed by atoms with Crippen LogP contribution in [0.25, 0.3) is 0 Å². The lowest BCUT2D eigenvalue weighted by molar-refractivity contribution is 0.236. The minimum Gasteiger partial charge on any atom is -0.489 e. The molecule has 0 atom stereocenters. The van der Waals surface area contributed by atoms with Crippen molar-refractivity contribution in [2.24, 2.45) is 5.41 Å². The van der Waals surface area contributed by atoms with Gasteiger partial charge in [0.25, 0.3) is 0 Å². The van der Waals surface area contributed by atoms with Gasteiger partial charge >= 0.3 is 0 Å². The summed E-state index contributed by atoms with van der Waals surface area (Å²) in [5.41, 5.74) is 2.48. The largest absolute Gasteiger partial charge is 0.489 e. The van der Waals surface area contributed by atoms with Crippen LogP contribution in [0.3, 0.4) is 0 Å². The smallest absolute Gasteiger partial charge is 0.120 e. The quantitative estimate of drug-likeness (QED) is 0.459. The Morgan fingerprint density at radius 3 is 2.34 bits per heavy atom. The molecule has 0 aromatic heterocycles. The van der Waals surface area contributed by atoms with Crippen LogP contribution >= 0.6 is 12.4 Å². The van der Waals surface area contributed by atoms with Gasteiger partial charge in [-0.2, -0.15) is 0 Å². The number of benzene rings is 2. The number of nitrogens with zero attached hydrogens (tertiary/aromatic N) is 1. The van der Waals surface area contributed by atoms with Gasteiger partial charge < -0.3 is 4.74 Å². The fourth-order valence-electron chi connectivity index (χ4n) is 2.67. The maximum atomic E-state index is 5.97. The summed E-state index contributed by atoms with van der Waals surface area (Å²) in [6.07, 6.45) is 4.12. The van der Waals surface area contributed by atoms with Gasteiger partial charge in [0.15, 0.2) is 0 Å². The third kappa shape index (κ3) is 10.2. The van der Waals surface area contributed by atoms with Crippen LogP contribution in [0.4, 0.5) is 0 Å². The average Bonchev–Trinajstić information content (AvgIpc) is 2.65. The fourth-order valence-corrected chi connectivity index (χ4v) is 2.67. The summed E-state index contributed by atoms with van der Waals surface area (Å²) in [4.78, 5) is 2.42. The van der Waals surface area contributed by atoms with Crippen molar-refractivity contribution in [2.75, 3.05) is 6.54 Å². The van der Waals surface area contributed by atoms with Gasteiger partial charge in [0, 0.05) is 24.5 Å². The van der Waals surface area contributed by atoms with Crippen LogP contribution < -0.4 is 4.74 Å². The van der Waals surface area contributed by atoms with Crippen molar-refractivity contribution in [1.82, 2.24) is 4.90 Å². The van der Waals surface area contributed by atoms with Crippen LogP contribution in [0.1, 0.15) is 45.7 Å². The zero-order chi connectivity index (χ0) is 20.4. The van der Waals surface area contributed by atoms with Gasteiger partial charge in [0.1, 0.15) is 12.4 Å². The van der Waals surface area contributed by atoms with Crippen molar-refractivity contribution in [3.05, 3.63) is 77.9 Å². The van der Waals surface area contributed by atoms with E-state index in [1.54, 1.807) is 0 Å². The second-order valence-electron chi connectivity index (χ2n) is 8.37. The van der Waals surface area contributed by atoms with Gasteiger partial charge in [-0.15, -0.1) is 12.4 Å². The molecular formula is C26H34ClNO. The molecule has 3 heteroatoms. The standard InChI is InChI=1S/C26H33NO.ClH/c1-22(2)27(18-11-7-10-17-26(3,4)5)20-24-15-12-16-25(19-24)28-21-23-13-8-6-9-14-23;/h6-9,11-16,19,22H,18,20-21H2,1-5H3;1H/b11-7-;. The Labute approximate surface area is 183 Å². The van der Waals surface area contributed by atoms with Crippen molar-refractivity contribution in [3.8, 4) is 17.6 Å². The van der Waals surface area contributed by atoms with Crippen LogP contribution in [0.2, 0.25) is 0 Å². The molecule has 2 rings (SSSR count). The molecule has 0 heterocycles. The summed E-state index contributed by atoms with van der Waals surface area (Å²) in [6, 6.07) is 19.1. The first-order valence-corrected chi connectivity index (χ1v) is 10.0. The van der Waals surface area contributed by atoms with Crippen molar-refractivity contribution in [2.45, 2.75) is 53.8 Å². The summed E-state index contributed by atoms with van der Waals surface area (Å²) in [7, 11) is 0. The number of hydrogen-bond donors (Lipinski definition) is 0. The highest BCUT2D eigenvalue weighted by Crippen LogP contribution is 2.17. The van der Waals surface area contributed by atoms with Crippen molar-refractivity contribution in [1.29, 1.82) is 0 Å². The van der Waals surface area contributed by atoms with Gasteiger partial charge in [-0.3, -0.25) is 4.90 Å². The lowest BCUT2D eigenvalue weighted by Crippen LogP contribution is -2.30. The van der Waals surface area contributed by atoms with E-state index in [9.17, 15) is 0 Å². The molecule has 0 spiro atoms. The molecule has 0 unspecified atom stereocenters. The Bertz CT molecular complexity index is 810. The average molecular weight is 412 g/mol. The Morgan fingerprint density at radius 2 is 1.69 bits per heavy atom. The first kappa shape index (κ1) is 24.8. The fraction of sp³-hybridized carbons (Fsp3) is 0.385. The van der Waals surface area contributed by atoms with E-state index in [0.717, 1.165) is 18.8 Å². The maximum absolute atomic E-state index is 5.97. The molecule has 0 fully saturated rings. The second kappa shape index (κ2) is 12.4. The molecule has 0 aliphatic heterocycles. The molecular weight excluding hydrogens is 378 g/mol. The van der Waals surface area contributed by atoms with E-state index in [4.69, 9.17) is 4.74 Å². The monoisotopic (exact) mass is 411 g/mol. The molecule has 0 radical (unpaired) electrons. The van der Waals surface area contributed by atoms with Crippen molar-refractivity contribution in [3.63, 3.8) is 0 Å². The molecule has 0 saturated carbocycles. The number of hydrogen-bond acceptors (Lipinski definition) is 2. The molecule has 29 heavy (non-hydrogen) atoms. The van der Waals surface area contributed by atoms with Crippen LogP contribution in [-0.2, 0) is 13.2 Å². The first-order valence-electron chi connectivity index (χ1n) is 10.0. The molecule has 2 aromatic carbocycles. The Hall–Kier alpha value is -2.21. The van der Waals surface area contributed by atoms with E-state index in [1.165, 1.54) is 11.1 Å².